The van der Waals surface area contributed by atoms with Gasteiger partial charge in [-0.15, -0.1) is 16.4 Å². The van der Waals surface area contributed by atoms with Crippen molar-refractivity contribution in [2.45, 2.75) is 0 Å². The van der Waals surface area contributed by atoms with Gasteiger partial charge in [0.05, 0.1) is 4.88 Å². The number of amides is 1. The van der Waals surface area contributed by atoms with Crippen LogP contribution < -0.4 is 10.9 Å². The van der Waals surface area contributed by atoms with E-state index in [4.69, 9.17) is 11.6 Å². The Hall–Kier alpha value is -2.97. The number of thiophene rings is 1. The minimum absolute atomic E-state index is 0.235. The zero-order valence-corrected chi connectivity index (χ0v) is 14.1. The molecule has 0 aliphatic carbocycles. The highest BCUT2D eigenvalue weighted by Crippen LogP contribution is 2.20. The number of hydrogen-bond acceptors (Lipinski definition) is 5. The van der Waals surface area contributed by atoms with Gasteiger partial charge in [0.25, 0.3) is 11.5 Å². The molecule has 0 aliphatic heterocycles. The second kappa shape index (κ2) is 6.15. The van der Waals surface area contributed by atoms with E-state index in [-0.39, 0.29) is 23.1 Å². The average molecular weight is 372 g/mol. The fraction of sp³-hybridized carbons (Fsp3) is 0. The molecule has 4 rings (SSSR count). The maximum Gasteiger partial charge on any atom is 0.266 e. The Balaban J connectivity index is 1.78. The first-order valence-electron chi connectivity index (χ1n) is 7.21. The highest BCUT2D eigenvalue weighted by atomic mass is 35.5. The number of nitrogens with one attached hydrogen (secondary N) is 2. The monoisotopic (exact) mass is 371 g/mol. The predicted molar refractivity (Wildman–Crippen MR) is 96.3 cm³/mol. The lowest BCUT2D eigenvalue weighted by atomic mass is 10.2. The standard InChI is InChI=1S/C16H10ClN5O2S/c17-10-5-3-9(4-6-10)14-20-16-19-13(23)8-12(22(16)21-14)18-15(24)11-2-1-7-25-11/h1-8H,(H,18,24)(H,19,20,21,23). The molecule has 0 spiro atoms. The molecular formula is C16H10ClN5O2S. The molecule has 3 heterocycles. The summed E-state index contributed by atoms with van der Waals surface area (Å²) < 4.78 is 1.39. The summed E-state index contributed by atoms with van der Waals surface area (Å²) in [5.74, 6) is 0.569. The Kier molecular flexibility index (Phi) is 3.83. The van der Waals surface area contributed by atoms with Gasteiger partial charge in [0, 0.05) is 16.7 Å². The molecule has 0 bridgehead atoms. The molecule has 3 aromatic heterocycles. The third-order valence-corrected chi connectivity index (χ3v) is 4.55. The van der Waals surface area contributed by atoms with Crippen LogP contribution in [-0.2, 0) is 0 Å². The Bertz CT molecular complexity index is 1120. The van der Waals surface area contributed by atoms with E-state index in [1.165, 1.54) is 21.9 Å². The van der Waals surface area contributed by atoms with Gasteiger partial charge in [0.2, 0.25) is 5.78 Å². The molecule has 1 aromatic carbocycles. The van der Waals surface area contributed by atoms with Crippen LogP contribution in [-0.4, -0.2) is 25.5 Å². The van der Waals surface area contributed by atoms with Crippen LogP contribution >= 0.6 is 22.9 Å². The van der Waals surface area contributed by atoms with E-state index >= 15 is 0 Å². The van der Waals surface area contributed by atoms with Gasteiger partial charge in [-0.2, -0.15) is 9.50 Å². The Morgan fingerprint density at radius 1 is 1.24 bits per heavy atom. The lowest BCUT2D eigenvalue weighted by Gasteiger charge is -2.04. The van der Waals surface area contributed by atoms with Gasteiger partial charge >= 0.3 is 0 Å². The third-order valence-electron chi connectivity index (χ3n) is 3.43. The lowest BCUT2D eigenvalue weighted by Crippen LogP contribution is -2.18. The Labute approximate surface area is 149 Å². The number of anilines is 1. The number of H-pyrrole nitrogens is 1. The van der Waals surface area contributed by atoms with Gasteiger partial charge in [-0.05, 0) is 35.7 Å². The summed E-state index contributed by atoms with van der Waals surface area (Å²) in [6, 6.07) is 11.7. The van der Waals surface area contributed by atoms with Crippen LogP contribution in [0.25, 0.3) is 17.2 Å². The van der Waals surface area contributed by atoms with Crippen molar-refractivity contribution in [1.29, 1.82) is 0 Å². The van der Waals surface area contributed by atoms with Crippen LogP contribution in [0.2, 0.25) is 5.02 Å². The maximum absolute atomic E-state index is 12.3. The summed E-state index contributed by atoms with van der Waals surface area (Å²) in [4.78, 5) is 31.6. The Morgan fingerprint density at radius 2 is 2.04 bits per heavy atom. The molecule has 0 unspecified atom stereocenters. The van der Waals surface area contributed by atoms with Crippen molar-refractivity contribution in [3.63, 3.8) is 0 Å². The molecule has 0 saturated heterocycles. The Morgan fingerprint density at radius 3 is 2.76 bits per heavy atom. The minimum atomic E-state index is -0.385. The molecule has 124 valence electrons. The predicted octanol–water partition coefficient (Wildman–Crippen LogP) is 3.05. The molecule has 0 radical (unpaired) electrons. The fourth-order valence-electron chi connectivity index (χ4n) is 2.29. The van der Waals surface area contributed by atoms with E-state index in [2.05, 4.69) is 20.4 Å². The number of benzene rings is 1. The zero-order valence-electron chi connectivity index (χ0n) is 12.6. The number of fused-ring (bicyclic) bond motifs is 1. The number of halogens is 1. The first-order chi connectivity index (χ1) is 12.1. The number of nitrogens with zero attached hydrogens (tertiary/aromatic N) is 3. The third kappa shape index (κ3) is 3.04. The van der Waals surface area contributed by atoms with Crippen LogP contribution in [0.4, 0.5) is 5.82 Å². The topological polar surface area (TPSA) is 92.1 Å². The molecule has 2 N–H and O–H groups in total. The van der Waals surface area contributed by atoms with Crippen LogP contribution in [0.3, 0.4) is 0 Å². The molecular weight excluding hydrogens is 362 g/mol. The van der Waals surface area contributed by atoms with Gasteiger partial charge in [-0.25, -0.2) is 0 Å². The van der Waals surface area contributed by atoms with E-state index in [0.717, 1.165) is 5.56 Å². The first-order valence-corrected chi connectivity index (χ1v) is 8.47. The van der Waals surface area contributed by atoms with Gasteiger partial charge < -0.3 is 5.32 Å². The summed E-state index contributed by atoms with van der Waals surface area (Å²) in [7, 11) is 0. The minimum Gasteiger partial charge on any atom is -0.306 e. The van der Waals surface area contributed by atoms with Crippen molar-refractivity contribution in [2.75, 3.05) is 5.32 Å². The SMILES string of the molecule is O=C(Nc1cc(=O)[nH]c2nc(-c3ccc(Cl)cc3)nn12)c1cccs1. The second-order valence-corrected chi connectivity index (χ2v) is 6.51. The largest absolute Gasteiger partial charge is 0.306 e. The molecule has 4 aromatic rings. The average Bonchev–Trinajstić information content (AvgIpc) is 3.24. The summed E-state index contributed by atoms with van der Waals surface area (Å²) in [5.41, 5.74) is 0.355. The van der Waals surface area contributed by atoms with Crippen LogP contribution in [0.5, 0.6) is 0 Å². The highest BCUT2D eigenvalue weighted by molar-refractivity contribution is 7.12. The number of rotatable bonds is 3. The van der Waals surface area contributed by atoms with E-state index in [1.54, 1.807) is 41.8 Å². The van der Waals surface area contributed by atoms with Gasteiger partial charge in [0.15, 0.2) is 5.82 Å². The van der Waals surface area contributed by atoms with Gasteiger partial charge in [0.1, 0.15) is 5.82 Å². The van der Waals surface area contributed by atoms with Crippen molar-refractivity contribution in [1.82, 2.24) is 19.6 Å². The van der Waals surface area contributed by atoms with Crippen molar-refractivity contribution < 1.29 is 4.79 Å². The highest BCUT2D eigenvalue weighted by Gasteiger charge is 2.14. The fourth-order valence-corrected chi connectivity index (χ4v) is 3.03. The molecule has 1 amide bonds. The van der Waals surface area contributed by atoms with Crippen molar-refractivity contribution in [2.24, 2.45) is 0 Å². The molecule has 0 saturated carbocycles. The first kappa shape index (κ1) is 15.6. The van der Waals surface area contributed by atoms with Crippen LogP contribution in [0.15, 0.2) is 52.6 Å². The maximum atomic E-state index is 12.3. The van der Waals surface area contributed by atoms with E-state index in [9.17, 15) is 9.59 Å². The van der Waals surface area contributed by atoms with Crippen LogP contribution in [0, 0.1) is 0 Å². The lowest BCUT2D eigenvalue weighted by molar-refractivity contribution is 0.103. The number of aromatic amines is 1. The van der Waals surface area contributed by atoms with Crippen molar-refractivity contribution >= 4 is 40.4 Å². The van der Waals surface area contributed by atoms with E-state index in [1.807, 2.05) is 0 Å². The molecule has 9 heteroatoms. The summed E-state index contributed by atoms with van der Waals surface area (Å²) in [5, 5.41) is 9.47. The number of aromatic nitrogens is 4. The van der Waals surface area contributed by atoms with Crippen molar-refractivity contribution in [3.8, 4) is 11.4 Å². The van der Waals surface area contributed by atoms with Gasteiger partial charge in [-0.3, -0.25) is 14.6 Å². The normalized spacial score (nSPS) is 10.9. The smallest absolute Gasteiger partial charge is 0.266 e. The zero-order chi connectivity index (χ0) is 17.4. The number of carbonyl (C=O) groups excluding carboxylic acids is 1. The van der Waals surface area contributed by atoms with E-state index < -0.39 is 0 Å². The van der Waals surface area contributed by atoms with Gasteiger partial charge in [-0.1, -0.05) is 17.7 Å². The molecule has 0 aliphatic rings. The summed E-state index contributed by atoms with van der Waals surface area (Å²) >= 11 is 7.20. The molecule has 0 fully saturated rings. The quantitative estimate of drug-likeness (QED) is 0.579. The summed E-state index contributed by atoms with van der Waals surface area (Å²) in [6.45, 7) is 0. The van der Waals surface area contributed by atoms with Crippen molar-refractivity contribution in [3.05, 3.63) is 68.1 Å². The number of carbonyl (C=O) groups is 1. The molecule has 25 heavy (non-hydrogen) atoms. The van der Waals surface area contributed by atoms with Crippen LogP contribution in [0.1, 0.15) is 9.67 Å². The molecule has 0 atom stereocenters. The second-order valence-electron chi connectivity index (χ2n) is 5.13. The number of hydrogen-bond donors (Lipinski definition) is 2. The van der Waals surface area contributed by atoms with E-state index in [0.29, 0.717) is 15.7 Å². The summed E-state index contributed by atoms with van der Waals surface area (Å²) in [6.07, 6.45) is 0. The molecule has 7 nitrogen and oxygen atoms in total.